The van der Waals surface area contributed by atoms with Gasteiger partial charge in [-0.3, -0.25) is 4.79 Å². The Morgan fingerprint density at radius 2 is 1.90 bits per heavy atom. The molecule has 0 aliphatic carbocycles. The quantitative estimate of drug-likeness (QED) is 0.411. The number of halogens is 3. The van der Waals surface area contributed by atoms with Crippen molar-refractivity contribution in [3.8, 4) is 11.3 Å². The molecule has 3 rings (SSSR count). The number of nitrogens with zero attached hydrogens (tertiary/aromatic N) is 1. The van der Waals surface area contributed by atoms with Crippen LogP contribution in [0.25, 0.3) is 22.2 Å². The van der Waals surface area contributed by atoms with E-state index in [9.17, 15) is 18.0 Å². The molecule has 3 aromatic rings. The molecular formula is C22H19F3N4O. The zero-order valence-corrected chi connectivity index (χ0v) is 16.3. The molecule has 0 fully saturated rings. The summed E-state index contributed by atoms with van der Waals surface area (Å²) >= 11 is 0. The summed E-state index contributed by atoms with van der Waals surface area (Å²) in [5.74, 6) is -0.389. The number of rotatable bonds is 5. The van der Waals surface area contributed by atoms with Crippen LogP contribution in [0.4, 0.5) is 18.9 Å². The van der Waals surface area contributed by atoms with E-state index in [0.29, 0.717) is 16.9 Å². The number of aromatic nitrogens is 1. The second-order valence-corrected chi connectivity index (χ2v) is 6.55. The van der Waals surface area contributed by atoms with Crippen molar-refractivity contribution in [3.63, 3.8) is 0 Å². The molecule has 5 nitrogen and oxygen atoms in total. The van der Waals surface area contributed by atoms with Gasteiger partial charge in [-0.2, -0.15) is 13.2 Å². The van der Waals surface area contributed by atoms with Crippen molar-refractivity contribution in [1.82, 2.24) is 10.3 Å². The average Bonchev–Trinajstić information content (AvgIpc) is 2.71. The van der Waals surface area contributed by atoms with Crippen LogP contribution >= 0.6 is 0 Å². The molecule has 0 spiro atoms. The van der Waals surface area contributed by atoms with E-state index in [4.69, 9.17) is 5.41 Å². The number of nitrogens with one attached hydrogen (secondary N) is 3. The molecule has 0 aliphatic heterocycles. The zero-order chi connectivity index (χ0) is 21.9. The fourth-order valence-corrected chi connectivity index (χ4v) is 3.07. The summed E-state index contributed by atoms with van der Waals surface area (Å²) in [6.07, 6.45) is -2.10. The van der Waals surface area contributed by atoms with Crippen LogP contribution in [0.1, 0.15) is 11.1 Å². The third-order valence-electron chi connectivity index (χ3n) is 4.57. The van der Waals surface area contributed by atoms with Gasteiger partial charge in [-0.25, -0.2) is 4.98 Å². The maximum Gasteiger partial charge on any atom is 0.417 e. The Balaban J connectivity index is 1.93. The van der Waals surface area contributed by atoms with Crippen LogP contribution in [-0.4, -0.2) is 24.2 Å². The molecule has 154 valence electrons. The number of benzene rings is 2. The maximum absolute atomic E-state index is 13.2. The second-order valence-electron chi connectivity index (χ2n) is 6.55. The lowest BCUT2D eigenvalue weighted by Crippen LogP contribution is -2.23. The minimum absolute atomic E-state index is 0.0481. The topological polar surface area (TPSA) is 77.9 Å². The lowest BCUT2D eigenvalue weighted by atomic mass is 10.0. The number of aryl methyl sites for hydroxylation is 1. The van der Waals surface area contributed by atoms with Crippen LogP contribution in [0.5, 0.6) is 0 Å². The highest BCUT2D eigenvalue weighted by atomic mass is 19.4. The standard InChI is InChI=1S/C22H19F3N4O/c1-13-12-14(6-8-17(13)29-21(30)20(27-2)10-11-26)18-9-7-15-16(22(23,24)25)4-3-5-19(15)28-18/h3-12,26-27H,1-2H3,(H,29,30)/b20-10-,26-11?. The van der Waals surface area contributed by atoms with Gasteiger partial charge < -0.3 is 16.0 Å². The number of fused-ring (bicyclic) bond motifs is 1. The molecule has 0 aliphatic rings. The fourth-order valence-electron chi connectivity index (χ4n) is 3.07. The number of carbonyl (C=O) groups is 1. The van der Waals surface area contributed by atoms with Crippen LogP contribution in [0.15, 0.2) is 60.3 Å². The van der Waals surface area contributed by atoms with Crippen molar-refractivity contribution >= 4 is 28.7 Å². The molecule has 0 atom stereocenters. The largest absolute Gasteiger partial charge is 0.417 e. The number of alkyl halides is 3. The van der Waals surface area contributed by atoms with Gasteiger partial charge in [0.1, 0.15) is 5.70 Å². The number of likely N-dealkylation sites (N-methyl/N-ethyl adjacent to an activating group) is 1. The van der Waals surface area contributed by atoms with E-state index in [-0.39, 0.29) is 22.5 Å². The van der Waals surface area contributed by atoms with Crippen molar-refractivity contribution in [2.24, 2.45) is 0 Å². The van der Waals surface area contributed by atoms with Crippen molar-refractivity contribution in [3.05, 3.63) is 71.4 Å². The molecule has 3 N–H and O–H groups in total. The van der Waals surface area contributed by atoms with Gasteiger partial charge in [0.05, 0.1) is 16.8 Å². The normalized spacial score (nSPS) is 12.0. The molecule has 0 bridgehead atoms. The molecular weight excluding hydrogens is 393 g/mol. The van der Waals surface area contributed by atoms with E-state index >= 15 is 0 Å². The Labute approximate surface area is 171 Å². The van der Waals surface area contributed by atoms with Crippen molar-refractivity contribution < 1.29 is 18.0 Å². The summed E-state index contributed by atoms with van der Waals surface area (Å²) in [6.45, 7) is 1.81. The number of anilines is 1. The van der Waals surface area contributed by atoms with Gasteiger partial charge in [-0.1, -0.05) is 18.2 Å². The third kappa shape index (κ3) is 4.32. The number of hydrogen-bond acceptors (Lipinski definition) is 4. The fraction of sp³-hybridized carbons (Fsp3) is 0.136. The molecule has 1 amide bonds. The number of pyridine rings is 1. The van der Waals surface area contributed by atoms with Gasteiger partial charge in [0.15, 0.2) is 0 Å². The first kappa shape index (κ1) is 21.0. The summed E-state index contributed by atoms with van der Waals surface area (Å²) in [7, 11) is 1.58. The average molecular weight is 412 g/mol. The third-order valence-corrected chi connectivity index (χ3v) is 4.57. The lowest BCUT2D eigenvalue weighted by molar-refractivity contribution is -0.136. The molecule has 30 heavy (non-hydrogen) atoms. The van der Waals surface area contributed by atoms with Crippen molar-refractivity contribution in [2.45, 2.75) is 13.1 Å². The highest BCUT2D eigenvalue weighted by Crippen LogP contribution is 2.35. The van der Waals surface area contributed by atoms with Crippen LogP contribution in [0.3, 0.4) is 0 Å². The molecule has 1 aromatic heterocycles. The predicted molar refractivity (Wildman–Crippen MR) is 111 cm³/mol. The Morgan fingerprint density at radius 1 is 1.13 bits per heavy atom. The number of hydrogen-bond donors (Lipinski definition) is 3. The van der Waals surface area contributed by atoms with Crippen LogP contribution < -0.4 is 10.6 Å². The van der Waals surface area contributed by atoms with Crippen molar-refractivity contribution in [2.75, 3.05) is 12.4 Å². The van der Waals surface area contributed by atoms with E-state index in [1.807, 2.05) is 0 Å². The maximum atomic E-state index is 13.2. The lowest BCUT2D eigenvalue weighted by Gasteiger charge is -2.13. The van der Waals surface area contributed by atoms with Crippen LogP contribution in [0, 0.1) is 12.3 Å². The Hall–Kier alpha value is -3.68. The highest BCUT2D eigenvalue weighted by Gasteiger charge is 2.32. The summed E-state index contributed by atoms with van der Waals surface area (Å²) in [4.78, 5) is 16.6. The number of carbonyl (C=O) groups excluding carboxylic acids is 1. The van der Waals surface area contributed by atoms with Crippen LogP contribution in [-0.2, 0) is 11.0 Å². The van der Waals surface area contributed by atoms with Gasteiger partial charge in [0.2, 0.25) is 0 Å². The molecule has 0 saturated carbocycles. The van der Waals surface area contributed by atoms with E-state index in [1.165, 1.54) is 18.2 Å². The SMILES string of the molecule is CN/C(=C\C=N)C(=O)Nc1ccc(-c2ccc3c(C(F)(F)F)cccc3n2)cc1C. The molecule has 0 radical (unpaired) electrons. The predicted octanol–water partition coefficient (Wildman–Crippen LogP) is 4.92. The second kappa shape index (κ2) is 8.36. The van der Waals surface area contributed by atoms with E-state index in [2.05, 4.69) is 15.6 Å². The monoisotopic (exact) mass is 412 g/mol. The summed E-state index contributed by atoms with van der Waals surface area (Å²) in [6, 6.07) is 12.2. The first-order chi connectivity index (χ1) is 14.2. The van der Waals surface area contributed by atoms with Gasteiger partial charge in [-0.05, 0) is 48.9 Å². The Kier molecular flexibility index (Phi) is 5.86. The van der Waals surface area contributed by atoms with Gasteiger partial charge in [-0.15, -0.1) is 0 Å². The molecule has 1 heterocycles. The molecule has 0 saturated heterocycles. The number of allylic oxidation sites excluding steroid dienone is 1. The Bertz CT molecular complexity index is 1150. The zero-order valence-electron chi connectivity index (χ0n) is 16.3. The first-order valence-electron chi connectivity index (χ1n) is 9.02. The summed E-state index contributed by atoms with van der Waals surface area (Å²) < 4.78 is 39.6. The van der Waals surface area contributed by atoms with Crippen molar-refractivity contribution in [1.29, 1.82) is 5.41 Å². The van der Waals surface area contributed by atoms with E-state index < -0.39 is 11.7 Å². The molecule has 8 heteroatoms. The van der Waals surface area contributed by atoms with Gasteiger partial charge >= 0.3 is 6.18 Å². The minimum Gasteiger partial charge on any atom is -0.384 e. The highest BCUT2D eigenvalue weighted by molar-refractivity contribution is 6.05. The molecule has 0 unspecified atom stereocenters. The summed E-state index contributed by atoms with van der Waals surface area (Å²) in [5, 5.41) is 12.6. The molecule has 2 aromatic carbocycles. The number of amides is 1. The first-order valence-corrected chi connectivity index (χ1v) is 9.02. The minimum atomic E-state index is -4.45. The van der Waals surface area contributed by atoms with Crippen LogP contribution in [0.2, 0.25) is 0 Å². The van der Waals surface area contributed by atoms with E-state index in [1.54, 1.807) is 44.3 Å². The van der Waals surface area contributed by atoms with E-state index in [0.717, 1.165) is 17.8 Å². The Morgan fingerprint density at radius 3 is 2.53 bits per heavy atom. The van der Waals surface area contributed by atoms with Gasteiger partial charge in [0, 0.05) is 29.9 Å². The smallest absolute Gasteiger partial charge is 0.384 e. The summed E-state index contributed by atoms with van der Waals surface area (Å²) in [5.41, 5.74) is 2.37. The van der Waals surface area contributed by atoms with Gasteiger partial charge in [0.25, 0.3) is 5.91 Å².